The molecule has 0 unspecified atom stereocenters. The van der Waals surface area contributed by atoms with Crippen LogP contribution in [0.25, 0.3) is 0 Å². The van der Waals surface area contributed by atoms with Crippen LogP contribution >= 0.6 is 22.9 Å². The Hall–Kier alpha value is -1.92. The topological polar surface area (TPSA) is 48.0 Å². The van der Waals surface area contributed by atoms with Crippen LogP contribution in [-0.4, -0.2) is 38.2 Å². The molecule has 0 fully saturated rings. The molecule has 1 amide bonds. The van der Waals surface area contributed by atoms with E-state index in [2.05, 4.69) is 0 Å². The van der Waals surface area contributed by atoms with Crippen LogP contribution in [0.4, 0.5) is 0 Å². The average Bonchev–Trinajstić information content (AvgIpc) is 2.97. The first kappa shape index (κ1) is 16.0. The summed E-state index contributed by atoms with van der Waals surface area (Å²) in [7, 11) is 3.29. The lowest BCUT2D eigenvalue weighted by Gasteiger charge is -2.22. The van der Waals surface area contributed by atoms with Crippen molar-refractivity contribution in [2.24, 2.45) is 0 Å². The van der Waals surface area contributed by atoms with E-state index in [1.807, 2.05) is 12.1 Å². The highest BCUT2D eigenvalue weighted by molar-refractivity contribution is 7.16. The minimum Gasteiger partial charge on any atom is -0.493 e. The summed E-state index contributed by atoms with van der Waals surface area (Å²) in [5.41, 5.74) is 0.497. The molecule has 23 heavy (non-hydrogen) atoms. The quantitative estimate of drug-likeness (QED) is 0.844. The van der Waals surface area contributed by atoms with Crippen molar-refractivity contribution in [3.8, 4) is 17.2 Å². The average molecular weight is 354 g/mol. The summed E-state index contributed by atoms with van der Waals surface area (Å²) in [6, 6.07) is 7.11. The number of ether oxygens (including phenoxy) is 3. The normalized spacial score (nSPS) is 12.8. The maximum atomic E-state index is 12.7. The maximum absolute atomic E-state index is 12.7. The summed E-state index contributed by atoms with van der Waals surface area (Å²) in [5, 5.41) is 0. The molecule has 0 spiro atoms. The molecule has 0 aliphatic carbocycles. The van der Waals surface area contributed by atoms with Crippen molar-refractivity contribution in [1.82, 2.24) is 4.90 Å². The summed E-state index contributed by atoms with van der Waals surface area (Å²) in [6.07, 6.45) is 0. The zero-order chi connectivity index (χ0) is 16.4. The predicted octanol–water partition coefficient (Wildman–Crippen LogP) is 3.45. The number of rotatable bonds is 4. The van der Waals surface area contributed by atoms with E-state index in [1.165, 1.54) is 11.3 Å². The summed E-state index contributed by atoms with van der Waals surface area (Å²) in [4.78, 5) is 15.3. The molecule has 1 aliphatic rings. The molecule has 1 aromatic heterocycles. The highest BCUT2D eigenvalue weighted by Gasteiger charge is 2.22. The Labute approximate surface area is 143 Å². The second-order valence-electron chi connectivity index (χ2n) is 5.07. The molecule has 3 rings (SSSR count). The van der Waals surface area contributed by atoms with E-state index < -0.39 is 0 Å². The van der Waals surface area contributed by atoms with E-state index >= 15 is 0 Å². The molecule has 1 aromatic carbocycles. The van der Waals surface area contributed by atoms with Crippen LogP contribution < -0.4 is 14.2 Å². The third-order valence-electron chi connectivity index (χ3n) is 3.44. The first-order valence-corrected chi connectivity index (χ1v) is 8.25. The predicted molar refractivity (Wildman–Crippen MR) is 89.1 cm³/mol. The highest BCUT2D eigenvalue weighted by atomic mass is 35.5. The second kappa shape index (κ2) is 6.68. The summed E-state index contributed by atoms with van der Waals surface area (Å²) in [5.74, 6) is 1.46. The molecule has 0 radical (unpaired) electrons. The van der Waals surface area contributed by atoms with Crippen LogP contribution in [0.2, 0.25) is 4.34 Å². The molecule has 2 aromatic rings. The number of methoxy groups -OCH3 is 1. The van der Waals surface area contributed by atoms with Crippen LogP contribution in [0.1, 0.15) is 15.2 Å². The number of nitrogens with zero attached hydrogens (tertiary/aromatic N) is 1. The smallest absolute Gasteiger partial charge is 0.254 e. The van der Waals surface area contributed by atoms with Gasteiger partial charge in [-0.2, -0.15) is 0 Å². The molecule has 122 valence electrons. The van der Waals surface area contributed by atoms with Gasteiger partial charge < -0.3 is 19.1 Å². The van der Waals surface area contributed by atoms with Crippen molar-refractivity contribution in [2.45, 2.75) is 6.54 Å². The molecule has 5 nitrogen and oxygen atoms in total. The first-order valence-electron chi connectivity index (χ1n) is 7.06. The van der Waals surface area contributed by atoms with E-state index in [-0.39, 0.29) is 5.91 Å². The molecule has 0 saturated heterocycles. The maximum Gasteiger partial charge on any atom is 0.254 e. The van der Waals surface area contributed by atoms with Gasteiger partial charge in [0.2, 0.25) is 5.75 Å². The number of hydrogen-bond acceptors (Lipinski definition) is 5. The fourth-order valence-corrected chi connectivity index (χ4v) is 3.50. The lowest BCUT2D eigenvalue weighted by Crippen LogP contribution is -2.26. The number of thiophene rings is 1. The van der Waals surface area contributed by atoms with Gasteiger partial charge in [-0.25, -0.2) is 0 Å². The molecular formula is C16H16ClNO4S. The molecule has 0 atom stereocenters. The van der Waals surface area contributed by atoms with Crippen LogP contribution in [0, 0.1) is 0 Å². The van der Waals surface area contributed by atoms with Crippen LogP contribution in [0.3, 0.4) is 0 Å². The lowest BCUT2D eigenvalue weighted by molar-refractivity contribution is 0.0784. The Kier molecular flexibility index (Phi) is 4.63. The number of halogens is 1. The van der Waals surface area contributed by atoms with Crippen molar-refractivity contribution in [1.29, 1.82) is 0 Å². The lowest BCUT2D eigenvalue weighted by atomic mass is 10.1. The van der Waals surface area contributed by atoms with Gasteiger partial charge >= 0.3 is 0 Å². The SMILES string of the molecule is COc1cc(C(=O)N(C)Cc2ccc(Cl)s2)cc2c1OCCO2. The third kappa shape index (κ3) is 3.38. The standard InChI is InChI=1S/C16H16ClNO4S/c1-18(9-11-3-4-14(17)23-11)16(19)10-7-12(20-2)15-13(8-10)21-5-6-22-15/h3-4,7-8H,5-6,9H2,1-2H3. The van der Waals surface area contributed by atoms with Gasteiger partial charge in [0.15, 0.2) is 11.5 Å². The fraction of sp³-hybridized carbons (Fsp3) is 0.312. The van der Waals surface area contributed by atoms with Crippen molar-refractivity contribution in [3.63, 3.8) is 0 Å². The van der Waals surface area contributed by atoms with Gasteiger partial charge in [-0.15, -0.1) is 11.3 Å². The third-order valence-corrected chi connectivity index (χ3v) is 4.66. The van der Waals surface area contributed by atoms with Gasteiger partial charge in [0.1, 0.15) is 13.2 Å². The van der Waals surface area contributed by atoms with E-state index in [0.717, 1.165) is 4.88 Å². The number of amides is 1. The van der Waals surface area contributed by atoms with Crippen molar-refractivity contribution in [3.05, 3.63) is 39.0 Å². The first-order chi connectivity index (χ1) is 11.1. The van der Waals surface area contributed by atoms with Gasteiger partial charge in [-0.3, -0.25) is 4.79 Å². The van der Waals surface area contributed by atoms with Gasteiger partial charge in [-0.05, 0) is 24.3 Å². The number of carbonyl (C=O) groups is 1. The van der Waals surface area contributed by atoms with Crippen LogP contribution in [0.5, 0.6) is 17.2 Å². The van der Waals surface area contributed by atoms with Crippen molar-refractivity contribution >= 4 is 28.8 Å². The molecule has 1 aliphatic heterocycles. The Bertz CT molecular complexity index is 714. The molecule has 0 saturated carbocycles. The number of benzene rings is 1. The molecule has 0 bridgehead atoms. The minimum atomic E-state index is -0.121. The Morgan fingerprint density at radius 2 is 2.13 bits per heavy atom. The molecule has 0 N–H and O–H groups in total. The largest absolute Gasteiger partial charge is 0.493 e. The zero-order valence-electron chi connectivity index (χ0n) is 12.8. The Balaban J connectivity index is 1.83. The fourth-order valence-electron chi connectivity index (χ4n) is 2.36. The van der Waals surface area contributed by atoms with Gasteiger partial charge in [0.05, 0.1) is 18.0 Å². The molecule has 2 heterocycles. The minimum absolute atomic E-state index is 0.121. The number of fused-ring (bicyclic) bond motifs is 1. The zero-order valence-corrected chi connectivity index (χ0v) is 14.4. The monoisotopic (exact) mass is 353 g/mol. The Morgan fingerprint density at radius 3 is 2.83 bits per heavy atom. The van der Waals surface area contributed by atoms with Crippen LogP contribution in [0.15, 0.2) is 24.3 Å². The highest BCUT2D eigenvalue weighted by Crippen LogP contribution is 2.40. The van der Waals surface area contributed by atoms with Gasteiger partial charge in [0, 0.05) is 17.5 Å². The summed E-state index contributed by atoms with van der Waals surface area (Å²) >= 11 is 7.39. The van der Waals surface area contributed by atoms with E-state index in [0.29, 0.717) is 46.9 Å². The van der Waals surface area contributed by atoms with Gasteiger partial charge in [0.25, 0.3) is 5.91 Å². The number of hydrogen-bond donors (Lipinski definition) is 0. The van der Waals surface area contributed by atoms with E-state index in [4.69, 9.17) is 25.8 Å². The number of carbonyl (C=O) groups excluding carboxylic acids is 1. The summed E-state index contributed by atoms with van der Waals surface area (Å²) < 4.78 is 17.1. The van der Waals surface area contributed by atoms with Crippen molar-refractivity contribution in [2.75, 3.05) is 27.4 Å². The molecular weight excluding hydrogens is 338 g/mol. The van der Waals surface area contributed by atoms with E-state index in [1.54, 1.807) is 31.2 Å². The van der Waals surface area contributed by atoms with Crippen LogP contribution in [-0.2, 0) is 6.54 Å². The van der Waals surface area contributed by atoms with Gasteiger partial charge in [-0.1, -0.05) is 11.6 Å². The Morgan fingerprint density at radius 1 is 1.35 bits per heavy atom. The molecule has 7 heteroatoms. The second-order valence-corrected chi connectivity index (χ2v) is 6.87. The van der Waals surface area contributed by atoms with E-state index in [9.17, 15) is 4.79 Å². The van der Waals surface area contributed by atoms with Crippen molar-refractivity contribution < 1.29 is 19.0 Å². The summed E-state index contributed by atoms with van der Waals surface area (Å²) in [6.45, 7) is 1.42.